The normalized spacial score (nSPS) is 16.5. The van der Waals surface area contributed by atoms with Crippen LogP contribution < -0.4 is 0 Å². The largest absolute Gasteiger partial charge is 0.309 e. The van der Waals surface area contributed by atoms with E-state index in [-0.39, 0.29) is 0 Å². The molecule has 0 aliphatic heterocycles. The average Bonchev–Trinajstić information content (AvgIpc) is 2.27. The van der Waals surface area contributed by atoms with Gasteiger partial charge in [-0.05, 0) is 52.7 Å². The molecule has 0 radical (unpaired) electrons. The van der Waals surface area contributed by atoms with Crippen LogP contribution in [0.25, 0.3) is 0 Å². The van der Waals surface area contributed by atoms with Crippen molar-refractivity contribution in [2.75, 3.05) is 20.6 Å². The standard InChI is InChI=1S/C8H19N.C7H10/c1-5-8(2)6-7-9(3)4;1-7-5-3-2-4-6-7/h8H,5-7H2,1-4H3;3,5-6H,2,4H2,1H3. The SMILES string of the molecule is CC1=CCCC=C1.CCC(C)CCN(C)C. The first-order valence-electron chi connectivity index (χ1n) is 6.54. The summed E-state index contributed by atoms with van der Waals surface area (Å²) in [6, 6.07) is 0. The molecule has 1 rings (SSSR count). The molecule has 1 nitrogen and oxygen atoms in total. The van der Waals surface area contributed by atoms with Gasteiger partial charge in [-0.1, -0.05) is 44.1 Å². The highest BCUT2D eigenvalue weighted by atomic mass is 15.0. The van der Waals surface area contributed by atoms with E-state index in [1.165, 1.54) is 37.8 Å². The van der Waals surface area contributed by atoms with Crippen molar-refractivity contribution in [2.45, 2.75) is 46.5 Å². The van der Waals surface area contributed by atoms with Crippen LogP contribution in [0.2, 0.25) is 0 Å². The van der Waals surface area contributed by atoms with Crippen molar-refractivity contribution in [3.8, 4) is 0 Å². The van der Waals surface area contributed by atoms with Crippen molar-refractivity contribution in [3.63, 3.8) is 0 Å². The zero-order valence-corrected chi connectivity index (χ0v) is 11.8. The number of rotatable bonds is 4. The van der Waals surface area contributed by atoms with Crippen LogP contribution in [0, 0.1) is 5.92 Å². The molecule has 0 fully saturated rings. The second kappa shape index (κ2) is 9.65. The summed E-state index contributed by atoms with van der Waals surface area (Å²) < 4.78 is 0. The van der Waals surface area contributed by atoms with Gasteiger partial charge in [0.1, 0.15) is 0 Å². The predicted octanol–water partition coefficient (Wildman–Crippen LogP) is 4.27. The van der Waals surface area contributed by atoms with Crippen molar-refractivity contribution in [2.24, 2.45) is 5.92 Å². The van der Waals surface area contributed by atoms with Gasteiger partial charge >= 0.3 is 0 Å². The molecule has 1 aliphatic rings. The summed E-state index contributed by atoms with van der Waals surface area (Å²) >= 11 is 0. The Morgan fingerprint density at radius 2 is 2.00 bits per heavy atom. The second-order valence-electron chi connectivity index (χ2n) is 5.03. The van der Waals surface area contributed by atoms with E-state index < -0.39 is 0 Å². The zero-order valence-electron chi connectivity index (χ0n) is 11.8. The molecule has 0 aromatic heterocycles. The molecular weight excluding hydrogens is 194 g/mol. The van der Waals surface area contributed by atoms with Crippen LogP contribution in [0.4, 0.5) is 0 Å². The van der Waals surface area contributed by atoms with Gasteiger partial charge in [0.2, 0.25) is 0 Å². The summed E-state index contributed by atoms with van der Waals surface area (Å²) in [7, 11) is 4.25. The van der Waals surface area contributed by atoms with E-state index in [0.29, 0.717) is 0 Å². The minimum absolute atomic E-state index is 0.896. The Labute approximate surface area is 102 Å². The minimum atomic E-state index is 0.896. The lowest BCUT2D eigenvalue weighted by atomic mass is 10.1. The molecule has 0 saturated heterocycles. The van der Waals surface area contributed by atoms with E-state index in [2.05, 4.69) is 58.0 Å². The van der Waals surface area contributed by atoms with E-state index in [4.69, 9.17) is 0 Å². The van der Waals surface area contributed by atoms with Crippen LogP contribution in [-0.2, 0) is 0 Å². The summed E-state index contributed by atoms with van der Waals surface area (Å²) in [4.78, 5) is 2.24. The summed E-state index contributed by atoms with van der Waals surface area (Å²) in [5.74, 6) is 0.896. The van der Waals surface area contributed by atoms with Gasteiger partial charge in [0, 0.05) is 0 Å². The van der Waals surface area contributed by atoms with Gasteiger partial charge in [-0.25, -0.2) is 0 Å². The maximum atomic E-state index is 2.31. The number of hydrogen-bond donors (Lipinski definition) is 0. The summed E-state index contributed by atoms with van der Waals surface area (Å²) in [5.41, 5.74) is 1.41. The molecule has 0 amide bonds. The lowest BCUT2D eigenvalue weighted by molar-refractivity contribution is 0.356. The van der Waals surface area contributed by atoms with Gasteiger partial charge < -0.3 is 4.90 Å². The van der Waals surface area contributed by atoms with Gasteiger partial charge in [0.15, 0.2) is 0 Å². The highest BCUT2D eigenvalue weighted by Crippen LogP contribution is 2.07. The van der Waals surface area contributed by atoms with Gasteiger partial charge in [-0.3, -0.25) is 0 Å². The molecule has 16 heavy (non-hydrogen) atoms. The van der Waals surface area contributed by atoms with Crippen LogP contribution >= 0.6 is 0 Å². The summed E-state index contributed by atoms with van der Waals surface area (Å²) in [5, 5.41) is 0. The number of hydrogen-bond acceptors (Lipinski definition) is 1. The molecule has 94 valence electrons. The van der Waals surface area contributed by atoms with E-state index in [1.807, 2.05) is 0 Å². The first-order chi connectivity index (χ1) is 7.56. The maximum absolute atomic E-state index is 2.31. The van der Waals surface area contributed by atoms with Crippen LogP contribution in [0.1, 0.15) is 46.5 Å². The van der Waals surface area contributed by atoms with E-state index in [9.17, 15) is 0 Å². The molecule has 0 heterocycles. The molecule has 0 aromatic rings. The van der Waals surface area contributed by atoms with Gasteiger partial charge in [-0.15, -0.1) is 0 Å². The molecule has 1 aliphatic carbocycles. The highest BCUT2D eigenvalue weighted by molar-refractivity contribution is 5.18. The van der Waals surface area contributed by atoms with Crippen molar-refractivity contribution in [1.29, 1.82) is 0 Å². The molecule has 0 spiro atoms. The third-order valence-corrected chi connectivity index (χ3v) is 2.95. The van der Waals surface area contributed by atoms with Crippen molar-refractivity contribution in [1.82, 2.24) is 4.90 Å². The predicted molar refractivity (Wildman–Crippen MR) is 74.8 cm³/mol. The molecule has 0 aromatic carbocycles. The molecule has 0 bridgehead atoms. The van der Waals surface area contributed by atoms with Crippen LogP contribution in [0.15, 0.2) is 23.8 Å². The number of allylic oxidation sites excluding steroid dienone is 4. The van der Waals surface area contributed by atoms with Crippen LogP contribution in [0.3, 0.4) is 0 Å². The van der Waals surface area contributed by atoms with Crippen LogP contribution in [0.5, 0.6) is 0 Å². The second-order valence-corrected chi connectivity index (χ2v) is 5.03. The Bertz CT molecular complexity index is 213. The first-order valence-corrected chi connectivity index (χ1v) is 6.54. The fourth-order valence-electron chi connectivity index (χ4n) is 1.43. The Balaban J connectivity index is 0.000000288. The monoisotopic (exact) mass is 223 g/mol. The third kappa shape index (κ3) is 9.97. The Hall–Kier alpha value is -0.560. The highest BCUT2D eigenvalue weighted by Gasteiger charge is 1.97. The Morgan fingerprint density at radius 1 is 1.31 bits per heavy atom. The quantitative estimate of drug-likeness (QED) is 0.688. The number of nitrogens with zero attached hydrogens (tertiary/aromatic N) is 1. The molecule has 0 N–H and O–H groups in total. The summed E-state index contributed by atoms with van der Waals surface area (Å²) in [6.07, 6.45) is 11.8. The summed E-state index contributed by atoms with van der Waals surface area (Å²) in [6.45, 7) is 7.93. The maximum Gasteiger partial charge on any atom is -0.00223 e. The van der Waals surface area contributed by atoms with Gasteiger partial charge in [0.25, 0.3) is 0 Å². The Kier molecular flexibility index (Phi) is 9.31. The van der Waals surface area contributed by atoms with E-state index in [1.54, 1.807) is 0 Å². The average molecular weight is 223 g/mol. The van der Waals surface area contributed by atoms with Crippen molar-refractivity contribution in [3.05, 3.63) is 23.8 Å². The molecule has 0 saturated carbocycles. The lowest BCUT2D eigenvalue weighted by Gasteiger charge is -2.12. The first kappa shape index (κ1) is 15.4. The molecule has 1 unspecified atom stereocenters. The zero-order chi connectivity index (χ0) is 12.4. The molecule has 1 atom stereocenters. The van der Waals surface area contributed by atoms with Crippen molar-refractivity contribution < 1.29 is 0 Å². The lowest BCUT2D eigenvalue weighted by Crippen LogP contribution is -2.15. The fraction of sp³-hybridized carbons (Fsp3) is 0.733. The molecular formula is C15H29N. The van der Waals surface area contributed by atoms with Crippen molar-refractivity contribution >= 4 is 0 Å². The third-order valence-electron chi connectivity index (χ3n) is 2.95. The van der Waals surface area contributed by atoms with Gasteiger partial charge in [-0.2, -0.15) is 0 Å². The Morgan fingerprint density at radius 3 is 2.31 bits per heavy atom. The smallest absolute Gasteiger partial charge is 0.00223 e. The van der Waals surface area contributed by atoms with E-state index in [0.717, 1.165) is 5.92 Å². The van der Waals surface area contributed by atoms with E-state index >= 15 is 0 Å². The van der Waals surface area contributed by atoms with Gasteiger partial charge in [0.05, 0.1) is 0 Å². The van der Waals surface area contributed by atoms with Crippen LogP contribution in [-0.4, -0.2) is 25.5 Å². The molecule has 1 heteroatoms. The topological polar surface area (TPSA) is 3.24 Å². The fourth-order valence-corrected chi connectivity index (χ4v) is 1.43. The minimum Gasteiger partial charge on any atom is -0.309 e.